The largest absolute Gasteiger partial charge is 0.487 e. The van der Waals surface area contributed by atoms with E-state index in [2.05, 4.69) is 17.9 Å². The van der Waals surface area contributed by atoms with Crippen LogP contribution >= 0.6 is 11.8 Å². The third-order valence-corrected chi connectivity index (χ3v) is 4.02. The van der Waals surface area contributed by atoms with Crippen LogP contribution in [0.3, 0.4) is 0 Å². The number of hydrogen-bond acceptors (Lipinski definition) is 2. The summed E-state index contributed by atoms with van der Waals surface area (Å²) in [6, 6.07) is 10.6. The summed E-state index contributed by atoms with van der Waals surface area (Å²) in [5.41, 5.74) is 0. The van der Waals surface area contributed by atoms with Crippen LogP contribution in [0.25, 0.3) is 0 Å². The minimum atomic E-state index is 0.530. The molecule has 0 aromatic heterocycles. The van der Waals surface area contributed by atoms with Gasteiger partial charge in [0.2, 0.25) is 5.04 Å². The minimum absolute atomic E-state index is 0.530. The molecule has 0 radical (unpaired) electrons. The highest BCUT2D eigenvalue weighted by molar-refractivity contribution is 8.13. The lowest BCUT2D eigenvalue weighted by Gasteiger charge is -2.09. The predicted octanol–water partition coefficient (Wildman–Crippen LogP) is 2.63. The molecule has 1 aliphatic rings. The second-order valence-corrected chi connectivity index (χ2v) is 4.90. The quantitative estimate of drug-likeness (QED) is 0.748. The summed E-state index contributed by atoms with van der Waals surface area (Å²) in [5.74, 6) is 0.966. The molecule has 0 N–H and O–H groups in total. The second kappa shape index (κ2) is 5.39. The van der Waals surface area contributed by atoms with Crippen LogP contribution in [0, 0.1) is 0 Å². The van der Waals surface area contributed by atoms with Crippen LogP contribution in [0.4, 0.5) is 0 Å². The van der Waals surface area contributed by atoms with Crippen LogP contribution < -0.4 is 4.74 Å². The van der Waals surface area contributed by atoms with E-state index < -0.39 is 0 Å². The van der Waals surface area contributed by atoms with Gasteiger partial charge in [0.05, 0.1) is 0 Å². The highest BCUT2D eigenvalue weighted by Gasteiger charge is 2.29. The first-order valence-electron chi connectivity index (χ1n) is 5.61. The monoisotopic (exact) mass is 236 g/mol. The van der Waals surface area contributed by atoms with E-state index in [0.717, 1.165) is 12.4 Å². The average molecular weight is 236 g/mol. The van der Waals surface area contributed by atoms with Crippen molar-refractivity contribution < 1.29 is 9.31 Å². The highest BCUT2D eigenvalue weighted by Crippen LogP contribution is 2.19. The first-order chi connectivity index (χ1) is 7.81. The van der Waals surface area contributed by atoms with Crippen molar-refractivity contribution >= 4 is 16.8 Å². The molecule has 1 aromatic rings. The summed E-state index contributed by atoms with van der Waals surface area (Å²) in [6.07, 6.45) is 4.55. The van der Waals surface area contributed by atoms with Crippen LogP contribution in [0.2, 0.25) is 0 Å². The van der Waals surface area contributed by atoms with E-state index in [-0.39, 0.29) is 0 Å². The van der Waals surface area contributed by atoms with E-state index >= 15 is 0 Å². The van der Waals surface area contributed by atoms with Crippen LogP contribution in [0.1, 0.15) is 12.8 Å². The Labute approximate surface area is 101 Å². The molecule has 0 fully saturated rings. The maximum Gasteiger partial charge on any atom is 0.210 e. The molecule has 1 atom stereocenters. The first-order valence-corrected chi connectivity index (χ1v) is 6.84. The summed E-state index contributed by atoms with van der Waals surface area (Å²) in [4.78, 5) is 0. The second-order valence-electron chi connectivity index (χ2n) is 4.03. The lowest BCUT2D eigenvalue weighted by molar-refractivity contribution is -0.529. The van der Waals surface area contributed by atoms with Gasteiger partial charge in [-0.05, 0) is 18.4 Å². The van der Waals surface area contributed by atoms with Crippen molar-refractivity contribution in [3.8, 4) is 5.75 Å². The summed E-state index contributed by atoms with van der Waals surface area (Å²) >= 11 is 1.85. The first kappa shape index (κ1) is 11.5. The zero-order valence-electron chi connectivity index (χ0n) is 9.85. The molecular weight excluding hydrogens is 218 g/mol. The summed E-state index contributed by atoms with van der Waals surface area (Å²) in [6.45, 7) is 0.782. The molecule has 1 unspecified atom stereocenters. The van der Waals surface area contributed by atoms with E-state index in [4.69, 9.17) is 4.74 Å². The van der Waals surface area contributed by atoms with Gasteiger partial charge in [-0.1, -0.05) is 30.0 Å². The van der Waals surface area contributed by atoms with Crippen molar-refractivity contribution in [2.24, 2.45) is 0 Å². The molecule has 0 aliphatic carbocycles. The molecule has 3 heteroatoms. The number of para-hydroxylation sites is 1. The SMILES string of the molecule is CSC1=[N+](C)C(COc2ccccc2)CC1. The molecule has 2 rings (SSSR count). The maximum atomic E-state index is 5.79. The smallest absolute Gasteiger partial charge is 0.210 e. The number of hydrogen-bond donors (Lipinski definition) is 0. The molecule has 1 aliphatic heterocycles. The van der Waals surface area contributed by atoms with Crippen LogP contribution in [-0.4, -0.2) is 35.6 Å². The van der Waals surface area contributed by atoms with E-state index in [0.29, 0.717) is 6.04 Å². The molecule has 0 amide bonds. The zero-order valence-corrected chi connectivity index (χ0v) is 10.7. The molecule has 0 spiro atoms. The fourth-order valence-electron chi connectivity index (χ4n) is 2.01. The third kappa shape index (κ3) is 2.59. The van der Waals surface area contributed by atoms with Crippen molar-refractivity contribution in [1.29, 1.82) is 0 Å². The van der Waals surface area contributed by atoms with Gasteiger partial charge in [0.1, 0.15) is 19.4 Å². The van der Waals surface area contributed by atoms with Gasteiger partial charge in [-0.3, -0.25) is 0 Å². The molecule has 1 aromatic carbocycles. The van der Waals surface area contributed by atoms with E-state index in [1.165, 1.54) is 17.9 Å². The van der Waals surface area contributed by atoms with Gasteiger partial charge in [0, 0.05) is 12.8 Å². The van der Waals surface area contributed by atoms with Gasteiger partial charge >= 0.3 is 0 Å². The Hall–Kier alpha value is -0.960. The number of ether oxygens (including phenoxy) is 1. The van der Waals surface area contributed by atoms with Gasteiger partial charge in [-0.15, -0.1) is 0 Å². The van der Waals surface area contributed by atoms with Gasteiger partial charge in [-0.25, -0.2) is 4.58 Å². The van der Waals surface area contributed by atoms with Crippen molar-refractivity contribution in [2.75, 3.05) is 19.9 Å². The molecule has 0 saturated heterocycles. The third-order valence-electron chi connectivity index (χ3n) is 3.05. The number of benzene rings is 1. The minimum Gasteiger partial charge on any atom is -0.487 e. The molecular formula is C13H18NOS+. The van der Waals surface area contributed by atoms with Crippen molar-refractivity contribution in [2.45, 2.75) is 18.9 Å². The maximum absolute atomic E-state index is 5.79. The average Bonchev–Trinajstić information content (AvgIpc) is 2.69. The summed E-state index contributed by atoms with van der Waals surface area (Å²) < 4.78 is 8.14. The Morgan fingerprint density at radius 3 is 2.75 bits per heavy atom. The van der Waals surface area contributed by atoms with Crippen LogP contribution in [0.5, 0.6) is 5.75 Å². The molecule has 16 heavy (non-hydrogen) atoms. The summed E-state index contributed by atoms with van der Waals surface area (Å²) in [7, 11) is 2.16. The van der Waals surface area contributed by atoms with Crippen LogP contribution in [0.15, 0.2) is 30.3 Å². The van der Waals surface area contributed by atoms with Crippen molar-refractivity contribution in [3.05, 3.63) is 30.3 Å². The van der Waals surface area contributed by atoms with Crippen molar-refractivity contribution in [1.82, 2.24) is 0 Å². The lowest BCUT2D eigenvalue weighted by atomic mass is 10.2. The molecule has 0 bridgehead atoms. The Kier molecular flexibility index (Phi) is 3.88. The number of rotatable bonds is 3. The van der Waals surface area contributed by atoms with Gasteiger partial charge in [0.15, 0.2) is 6.04 Å². The van der Waals surface area contributed by atoms with E-state index in [1.54, 1.807) is 0 Å². The number of nitrogens with zero attached hydrogens (tertiary/aromatic N) is 1. The Bertz CT molecular complexity index is 375. The van der Waals surface area contributed by atoms with Crippen LogP contribution in [-0.2, 0) is 0 Å². The lowest BCUT2D eigenvalue weighted by Crippen LogP contribution is -2.26. The van der Waals surface area contributed by atoms with E-state index in [9.17, 15) is 0 Å². The normalized spacial score (nSPS) is 20.2. The van der Waals surface area contributed by atoms with Gasteiger partial charge < -0.3 is 4.74 Å². The fraction of sp³-hybridized carbons (Fsp3) is 0.462. The number of thioether (sulfide) groups is 1. The van der Waals surface area contributed by atoms with Gasteiger partial charge in [0.25, 0.3) is 0 Å². The standard InChI is InChI=1S/C13H18NOS/c1-14-11(8-9-13(14)16-2)10-15-12-6-4-3-5-7-12/h3-7,11H,8-10H2,1-2H3/q+1. The predicted molar refractivity (Wildman–Crippen MR) is 69.7 cm³/mol. The topological polar surface area (TPSA) is 12.2 Å². The molecule has 1 heterocycles. The fourth-order valence-corrected chi connectivity index (χ4v) is 2.77. The van der Waals surface area contributed by atoms with Crippen molar-refractivity contribution in [3.63, 3.8) is 0 Å². The van der Waals surface area contributed by atoms with E-state index in [1.807, 2.05) is 42.1 Å². The highest BCUT2D eigenvalue weighted by atomic mass is 32.2. The Balaban J connectivity index is 1.90. The Morgan fingerprint density at radius 2 is 2.12 bits per heavy atom. The Morgan fingerprint density at radius 1 is 1.38 bits per heavy atom. The molecule has 2 nitrogen and oxygen atoms in total. The molecule has 0 saturated carbocycles. The number of likely N-dealkylation sites (N-methyl/N-ethyl adjacent to an activating group) is 1. The van der Waals surface area contributed by atoms with Gasteiger partial charge in [-0.2, -0.15) is 0 Å². The summed E-state index contributed by atoms with van der Waals surface area (Å²) in [5, 5.41) is 1.47. The zero-order chi connectivity index (χ0) is 11.4. The molecule has 86 valence electrons.